The van der Waals surface area contributed by atoms with E-state index in [9.17, 15) is 0 Å². The second kappa shape index (κ2) is 21.4. The lowest BCUT2D eigenvalue weighted by Gasteiger charge is -2.41. The number of anilines is 4. The number of fused-ring (bicyclic) bond motifs is 2. The van der Waals surface area contributed by atoms with Gasteiger partial charge in [0.2, 0.25) is 0 Å². The first-order valence-electron chi connectivity index (χ1n) is 28.6. The van der Waals surface area contributed by atoms with E-state index in [2.05, 4.69) is 253 Å². The van der Waals surface area contributed by atoms with E-state index in [0.717, 1.165) is 39.0 Å². The van der Waals surface area contributed by atoms with Gasteiger partial charge in [-0.2, -0.15) is 9.13 Å². The van der Waals surface area contributed by atoms with Gasteiger partial charge in [0.15, 0.2) is 58.6 Å². The Kier molecular flexibility index (Phi) is 15.3. The Bertz CT molecular complexity index is 3320. The summed E-state index contributed by atoms with van der Waals surface area (Å²) >= 11 is 0. The van der Waals surface area contributed by atoms with Gasteiger partial charge in [0.05, 0.1) is 22.7 Å². The summed E-state index contributed by atoms with van der Waals surface area (Å²) in [6, 6.07) is 28.6. The van der Waals surface area contributed by atoms with Crippen molar-refractivity contribution in [1.82, 2.24) is 0 Å². The molecule has 6 heteroatoms. The molecule has 0 unspecified atom stereocenters. The van der Waals surface area contributed by atoms with E-state index in [4.69, 9.17) is 0 Å². The van der Waals surface area contributed by atoms with Gasteiger partial charge in [-0.3, -0.25) is 0 Å². The lowest BCUT2D eigenvalue weighted by Crippen LogP contribution is -2.43. The lowest BCUT2D eigenvalue weighted by molar-refractivity contribution is -0.701. The molecule has 8 aromatic rings. The van der Waals surface area contributed by atoms with Crippen LogP contribution < -0.4 is 28.1 Å². The number of aromatic nitrogens is 4. The molecule has 4 aromatic carbocycles. The van der Waals surface area contributed by atoms with Gasteiger partial charge in [-0.15, -0.1) is 0 Å². The summed E-state index contributed by atoms with van der Waals surface area (Å²) in [5.41, 5.74) is 43.4. The van der Waals surface area contributed by atoms with Crippen molar-refractivity contribution >= 4 is 22.7 Å². The first kappa shape index (κ1) is 55.8. The zero-order valence-corrected chi connectivity index (χ0v) is 51.9. The molecule has 0 radical (unpaired) electrons. The first-order chi connectivity index (χ1) is 36.8. The van der Waals surface area contributed by atoms with E-state index >= 15 is 0 Å². The number of hydrogen-bond donors (Lipinski definition) is 0. The zero-order valence-electron chi connectivity index (χ0n) is 51.9. The predicted octanol–water partition coefficient (Wildman–Crippen LogP) is 14.3. The summed E-state index contributed by atoms with van der Waals surface area (Å²) in [6.07, 6.45) is 1.93. The molecule has 4 aromatic heterocycles. The van der Waals surface area contributed by atoms with Crippen LogP contribution in [0, 0.1) is 138 Å². The van der Waals surface area contributed by atoms with Crippen molar-refractivity contribution < 1.29 is 18.3 Å². The number of nitrogens with zero attached hydrogens (tertiary/aromatic N) is 6. The highest BCUT2D eigenvalue weighted by molar-refractivity contribution is 5.94. The molecule has 0 amide bonds. The minimum atomic E-state index is 0.779. The van der Waals surface area contributed by atoms with Crippen LogP contribution in [-0.4, -0.2) is 0 Å². The van der Waals surface area contributed by atoms with Crippen LogP contribution in [0.3, 0.4) is 0 Å². The fraction of sp³-hybridized carbons (Fsp3) is 0.389. The maximum Gasteiger partial charge on any atom is 0.181 e. The van der Waals surface area contributed by atoms with Crippen molar-refractivity contribution in [2.24, 2.45) is 14.1 Å². The van der Waals surface area contributed by atoms with Crippen LogP contribution in [0.25, 0.3) is 0 Å². The van der Waals surface area contributed by atoms with E-state index < -0.39 is 0 Å². The second-order valence-corrected chi connectivity index (χ2v) is 23.9. The molecule has 9 rings (SSSR count). The number of benzene rings is 4. The molecule has 0 fully saturated rings. The summed E-state index contributed by atoms with van der Waals surface area (Å²) in [7, 11) is 4.39. The molecule has 78 heavy (non-hydrogen) atoms. The Morgan fingerprint density at radius 2 is 0.487 bits per heavy atom. The third-order valence-electron chi connectivity index (χ3n) is 20.1. The Labute approximate surface area is 469 Å². The molecular formula is C72H90N6+4. The van der Waals surface area contributed by atoms with Crippen molar-refractivity contribution in [3.8, 4) is 0 Å². The van der Waals surface area contributed by atoms with Gasteiger partial charge in [0.25, 0.3) is 0 Å². The minimum Gasteiger partial charge on any atom is -0.334 e. The summed E-state index contributed by atoms with van der Waals surface area (Å²) in [5, 5.41) is 0. The molecule has 5 heterocycles. The van der Waals surface area contributed by atoms with Crippen molar-refractivity contribution in [3.05, 3.63) is 230 Å². The molecule has 1 aliphatic heterocycles. The molecular weight excluding hydrogens is 949 g/mol. The van der Waals surface area contributed by atoms with E-state index in [-0.39, 0.29) is 0 Å². The normalized spacial score (nSPS) is 12.2. The standard InChI is InChI=1S/C72H90N6/c1-41-31-69-70(32-42(41)2)78(40-64-29-25-62(26-30-64)38-76-59(19)51(11)68(52(12)60(76)20)36-66-47(7)55(15)74(22)56(16)48(66)8)72-34-44(4)43(3)33-71(72)77(69)39-63-27-23-61(24-28-63)37-75-57(17)49(9)67(50(10)58(75)18)35-65-45(5)53(13)73(21)54(14)46(65)6/h23-34H,35-40H2,1-22H3/q+4. The van der Waals surface area contributed by atoms with Crippen LogP contribution in [0.4, 0.5) is 22.7 Å². The van der Waals surface area contributed by atoms with Gasteiger partial charge < -0.3 is 9.80 Å². The Morgan fingerprint density at radius 1 is 0.282 bits per heavy atom. The molecule has 6 nitrogen and oxygen atoms in total. The van der Waals surface area contributed by atoms with Gasteiger partial charge >= 0.3 is 0 Å². The fourth-order valence-corrected chi connectivity index (χ4v) is 12.8. The Balaban J connectivity index is 0.969. The summed E-state index contributed by atoms with van der Waals surface area (Å²) in [6.45, 7) is 49.1. The van der Waals surface area contributed by atoms with Crippen LogP contribution in [0.5, 0.6) is 0 Å². The van der Waals surface area contributed by atoms with Crippen LogP contribution in [0.2, 0.25) is 0 Å². The number of hydrogen-bond acceptors (Lipinski definition) is 2. The van der Waals surface area contributed by atoms with Crippen LogP contribution in [0.15, 0.2) is 72.8 Å². The molecule has 0 N–H and O–H groups in total. The van der Waals surface area contributed by atoms with Crippen molar-refractivity contribution in [1.29, 1.82) is 0 Å². The highest BCUT2D eigenvalue weighted by Crippen LogP contribution is 2.51. The van der Waals surface area contributed by atoms with Gasteiger partial charge in [-0.05, 0) is 176 Å². The molecule has 0 saturated heterocycles. The monoisotopic (exact) mass is 1040 g/mol. The third kappa shape index (κ3) is 9.76. The van der Waals surface area contributed by atoms with Crippen molar-refractivity contribution in [2.75, 3.05) is 9.80 Å². The third-order valence-corrected chi connectivity index (χ3v) is 20.1. The fourth-order valence-electron chi connectivity index (χ4n) is 12.8. The van der Waals surface area contributed by atoms with E-state index in [1.54, 1.807) is 0 Å². The molecule has 1 aliphatic rings. The highest BCUT2D eigenvalue weighted by Gasteiger charge is 2.32. The van der Waals surface area contributed by atoms with Crippen LogP contribution in [-0.2, 0) is 53.1 Å². The maximum absolute atomic E-state index is 2.58. The summed E-state index contributed by atoms with van der Waals surface area (Å²) < 4.78 is 9.76. The summed E-state index contributed by atoms with van der Waals surface area (Å²) in [5.74, 6) is 0. The van der Waals surface area contributed by atoms with Crippen LogP contribution in [0.1, 0.15) is 157 Å². The largest absolute Gasteiger partial charge is 0.334 e. The average Bonchev–Trinajstić information content (AvgIpc) is 3.53. The predicted molar refractivity (Wildman–Crippen MR) is 325 cm³/mol. The van der Waals surface area contributed by atoms with Crippen molar-refractivity contribution in [2.45, 2.75) is 177 Å². The number of pyridine rings is 4. The van der Waals surface area contributed by atoms with E-state index in [1.165, 1.54) is 180 Å². The minimum absolute atomic E-state index is 0.779. The SMILES string of the molecule is Cc1cc2c(cc1C)N(Cc1ccc(C[n+]3c(C)c(C)c(Cc4c(C)c(C)[n+](C)c(C)c4C)c(C)c3C)cc1)c1cc(C)c(C)cc1N2Cc1ccc(C[n+]2c(C)c(C)c(Cc3c(C)c(C)[n+](C)c(C)c3C)c(C)c2C)cc1. The molecule has 0 saturated carbocycles. The molecule has 0 atom stereocenters. The summed E-state index contributed by atoms with van der Waals surface area (Å²) in [4.78, 5) is 5.15. The molecule has 0 aliphatic carbocycles. The number of aryl methyl sites for hydroxylation is 4. The Morgan fingerprint density at radius 3 is 0.718 bits per heavy atom. The van der Waals surface area contributed by atoms with E-state index in [1.807, 2.05) is 0 Å². The van der Waals surface area contributed by atoms with Gasteiger partial charge in [-0.25, -0.2) is 9.13 Å². The highest BCUT2D eigenvalue weighted by atomic mass is 15.3. The lowest BCUT2D eigenvalue weighted by atomic mass is 9.89. The van der Waals surface area contributed by atoms with Crippen molar-refractivity contribution in [3.63, 3.8) is 0 Å². The quantitative estimate of drug-likeness (QED) is 0.114. The maximum atomic E-state index is 2.58. The van der Waals surface area contributed by atoms with Gasteiger partial charge in [-0.1, -0.05) is 48.5 Å². The van der Waals surface area contributed by atoms with Crippen LogP contribution >= 0.6 is 0 Å². The van der Waals surface area contributed by atoms with Gasteiger partial charge in [0.1, 0.15) is 14.1 Å². The molecule has 0 bridgehead atoms. The smallest absolute Gasteiger partial charge is 0.181 e. The second-order valence-electron chi connectivity index (χ2n) is 23.9. The zero-order chi connectivity index (χ0) is 56.7. The van der Waals surface area contributed by atoms with Gasteiger partial charge in [0, 0.05) is 124 Å². The molecule has 0 spiro atoms. The Hall–Kier alpha value is -6.92. The van der Waals surface area contributed by atoms with E-state index in [0.29, 0.717) is 0 Å². The number of rotatable bonds is 12. The topological polar surface area (TPSA) is 22.0 Å². The average molecular weight is 1040 g/mol. The molecule has 404 valence electrons. The first-order valence-corrected chi connectivity index (χ1v) is 28.6.